The zero-order chi connectivity index (χ0) is 26.2. The fraction of sp³-hybridized carbons (Fsp3) is 0.794. The molecule has 1 fully saturated rings. The second-order valence-corrected chi connectivity index (χ2v) is 11.4. The van der Waals surface area contributed by atoms with Crippen molar-refractivity contribution in [2.24, 2.45) is 0 Å². The van der Waals surface area contributed by atoms with Crippen molar-refractivity contribution in [3.63, 3.8) is 0 Å². The van der Waals surface area contributed by atoms with Gasteiger partial charge in [0.05, 0.1) is 19.3 Å². The molecule has 1 aromatic rings. The van der Waals surface area contributed by atoms with Crippen LogP contribution in [0.15, 0.2) is 30.3 Å². The van der Waals surface area contributed by atoms with Gasteiger partial charge in [-0.05, 0) is 51.3 Å². The Labute approximate surface area is 231 Å². The summed E-state index contributed by atoms with van der Waals surface area (Å²) in [4.78, 5) is 2.51. The minimum absolute atomic E-state index is 0.115. The van der Waals surface area contributed by atoms with Crippen molar-refractivity contribution in [1.29, 1.82) is 0 Å². The van der Waals surface area contributed by atoms with Gasteiger partial charge in [-0.3, -0.25) is 0 Å². The Kier molecular flexibility index (Phi) is 20.1. The number of likely N-dealkylation sites (tertiary alicyclic amines) is 1. The average molecular weight is 515 g/mol. The molecule has 2 atom stereocenters. The molecule has 3 nitrogen and oxygen atoms in total. The predicted molar refractivity (Wildman–Crippen MR) is 160 cm³/mol. The molecule has 3 heteroatoms. The van der Waals surface area contributed by atoms with E-state index < -0.39 is 0 Å². The van der Waals surface area contributed by atoms with E-state index in [-0.39, 0.29) is 6.10 Å². The molecular weight excluding hydrogens is 454 g/mol. The van der Waals surface area contributed by atoms with Crippen molar-refractivity contribution in [1.82, 2.24) is 4.90 Å². The van der Waals surface area contributed by atoms with Gasteiger partial charge >= 0.3 is 0 Å². The van der Waals surface area contributed by atoms with Crippen molar-refractivity contribution >= 4 is 0 Å². The minimum atomic E-state index is 0.115. The molecule has 2 unspecified atom stereocenters. The fourth-order valence-electron chi connectivity index (χ4n) is 5.50. The van der Waals surface area contributed by atoms with E-state index in [0.29, 0.717) is 19.3 Å². The Hall–Kier alpha value is -0.900. The highest BCUT2D eigenvalue weighted by atomic mass is 16.5. The van der Waals surface area contributed by atoms with Gasteiger partial charge in [0.25, 0.3) is 0 Å². The van der Waals surface area contributed by atoms with Crippen LogP contribution in [0, 0.1) is 6.92 Å². The van der Waals surface area contributed by atoms with Gasteiger partial charge in [-0.2, -0.15) is 0 Å². The predicted octanol–water partition coefficient (Wildman–Crippen LogP) is 9.54. The number of rotatable bonds is 25. The molecule has 1 radical (unpaired) electrons. The van der Waals surface area contributed by atoms with Crippen LogP contribution in [0.5, 0.6) is 0 Å². The summed E-state index contributed by atoms with van der Waals surface area (Å²) in [6.45, 7) is 11.3. The molecule has 0 spiro atoms. The normalized spacial score (nSPS) is 15.8. The summed E-state index contributed by atoms with van der Waals surface area (Å²) in [5, 5.41) is 0. The summed E-state index contributed by atoms with van der Waals surface area (Å²) >= 11 is 0. The first-order chi connectivity index (χ1) is 18.3. The minimum Gasteiger partial charge on any atom is -0.379 e. The van der Waals surface area contributed by atoms with Gasteiger partial charge in [-0.25, -0.2) is 0 Å². The van der Waals surface area contributed by atoms with E-state index in [9.17, 15) is 0 Å². The van der Waals surface area contributed by atoms with Gasteiger partial charge in [-0.15, -0.1) is 0 Å². The summed E-state index contributed by atoms with van der Waals surface area (Å²) in [6.07, 6.45) is 26.1. The lowest BCUT2D eigenvalue weighted by atomic mass is 10.0. The molecule has 0 aromatic heterocycles. The van der Waals surface area contributed by atoms with Gasteiger partial charge in [0, 0.05) is 12.6 Å². The number of ether oxygens (including phenoxy) is 2. The van der Waals surface area contributed by atoms with E-state index in [1.807, 2.05) is 0 Å². The zero-order valence-corrected chi connectivity index (χ0v) is 24.5. The Morgan fingerprint density at radius 1 is 0.730 bits per heavy atom. The van der Waals surface area contributed by atoms with Crippen LogP contribution in [0.4, 0.5) is 0 Å². The lowest BCUT2D eigenvalue weighted by molar-refractivity contribution is -0.0371. The van der Waals surface area contributed by atoms with E-state index in [1.165, 1.54) is 134 Å². The van der Waals surface area contributed by atoms with Gasteiger partial charge < -0.3 is 14.4 Å². The largest absolute Gasteiger partial charge is 0.379 e. The molecule has 0 bridgehead atoms. The van der Waals surface area contributed by atoms with E-state index in [4.69, 9.17) is 9.47 Å². The number of hydrogen-bond acceptors (Lipinski definition) is 3. The highest BCUT2D eigenvalue weighted by molar-refractivity contribution is 5.13. The Bertz CT molecular complexity index is 601. The molecule has 0 saturated carbocycles. The van der Waals surface area contributed by atoms with Crippen molar-refractivity contribution in [3.8, 4) is 0 Å². The molecule has 1 aliphatic heterocycles. The molecule has 1 saturated heterocycles. The van der Waals surface area contributed by atoms with Crippen LogP contribution in [0.3, 0.4) is 0 Å². The summed E-state index contributed by atoms with van der Waals surface area (Å²) in [6, 6.07) is 10.8. The molecule has 37 heavy (non-hydrogen) atoms. The van der Waals surface area contributed by atoms with Gasteiger partial charge in [0.15, 0.2) is 0 Å². The molecule has 213 valence electrons. The topological polar surface area (TPSA) is 21.7 Å². The average Bonchev–Trinajstić information content (AvgIpc) is 3.47. The standard InChI is InChI=1S/C34H60NO2/c1-3-4-5-6-7-8-9-10-11-12-13-14-15-16-17-23-28-36-31-34(29-32(2)35-26-21-22-27-35)37-30-33-24-19-18-20-25-33/h18-20,24-25,32,34H,2-17,21-23,26-31H2,1H3. The lowest BCUT2D eigenvalue weighted by Crippen LogP contribution is -2.35. The first-order valence-electron chi connectivity index (χ1n) is 16.1. The quantitative estimate of drug-likeness (QED) is 0.121. The van der Waals surface area contributed by atoms with Crippen molar-refractivity contribution in [2.75, 3.05) is 26.3 Å². The van der Waals surface area contributed by atoms with Crippen LogP contribution in [0.25, 0.3) is 0 Å². The van der Waals surface area contributed by atoms with Crippen LogP contribution in [0.1, 0.15) is 134 Å². The van der Waals surface area contributed by atoms with Gasteiger partial charge in [-0.1, -0.05) is 134 Å². The Morgan fingerprint density at radius 2 is 1.24 bits per heavy atom. The lowest BCUT2D eigenvalue weighted by Gasteiger charge is -2.28. The molecule has 1 aliphatic rings. The second kappa shape index (κ2) is 23.0. The Balaban J connectivity index is 1.43. The number of nitrogens with zero attached hydrogens (tertiary/aromatic N) is 1. The highest BCUT2D eigenvalue weighted by Crippen LogP contribution is 2.18. The third-order valence-corrected chi connectivity index (χ3v) is 7.97. The third-order valence-electron chi connectivity index (χ3n) is 7.97. The summed E-state index contributed by atoms with van der Waals surface area (Å²) < 4.78 is 12.4. The highest BCUT2D eigenvalue weighted by Gasteiger charge is 2.22. The van der Waals surface area contributed by atoms with Crippen LogP contribution in [-0.2, 0) is 16.1 Å². The maximum absolute atomic E-state index is 6.30. The van der Waals surface area contributed by atoms with Crippen molar-refractivity contribution < 1.29 is 9.47 Å². The maximum atomic E-state index is 6.30. The molecular formula is C34H60NO2. The smallest absolute Gasteiger partial charge is 0.0827 e. The van der Waals surface area contributed by atoms with Crippen LogP contribution in [0.2, 0.25) is 0 Å². The summed E-state index contributed by atoms with van der Waals surface area (Å²) in [7, 11) is 0. The summed E-state index contributed by atoms with van der Waals surface area (Å²) in [5.41, 5.74) is 1.23. The van der Waals surface area contributed by atoms with Crippen LogP contribution >= 0.6 is 0 Å². The first-order valence-corrected chi connectivity index (χ1v) is 16.1. The monoisotopic (exact) mass is 514 g/mol. The molecule has 0 N–H and O–H groups in total. The molecule has 1 aromatic carbocycles. The second-order valence-electron chi connectivity index (χ2n) is 11.4. The number of benzene rings is 1. The van der Waals surface area contributed by atoms with Crippen molar-refractivity contribution in [2.45, 2.75) is 148 Å². The molecule has 0 amide bonds. The molecule has 2 rings (SSSR count). The summed E-state index contributed by atoms with van der Waals surface area (Å²) in [5.74, 6) is 0. The van der Waals surface area contributed by atoms with Crippen LogP contribution in [-0.4, -0.2) is 43.3 Å². The van der Waals surface area contributed by atoms with E-state index in [0.717, 1.165) is 13.0 Å². The maximum Gasteiger partial charge on any atom is 0.0827 e. The van der Waals surface area contributed by atoms with Gasteiger partial charge in [0.1, 0.15) is 0 Å². The third kappa shape index (κ3) is 17.3. The van der Waals surface area contributed by atoms with Gasteiger partial charge in [0.2, 0.25) is 0 Å². The molecule has 1 heterocycles. The van der Waals surface area contributed by atoms with E-state index in [1.54, 1.807) is 0 Å². The van der Waals surface area contributed by atoms with E-state index >= 15 is 0 Å². The Morgan fingerprint density at radius 3 is 1.78 bits per heavy atom. The SMILES string of the molecule is [CH2]C(CC(COCCCCCCCCCCCCCCCCCC)OCc1ccccc1)N1CCCC1. The molecule has 0 aliphatic carbocycles. The number of unbranched alkanes of at least 4 members (excludes halogenated alkanes) is 15. The number of hydrogen-bond donors (Lipinski definition) is 0. The van der Waals surface area contributed by atoms with Crippen LogP contribution < -0.4 is 0 Å². The van der Waals surface area contributed by atoms with Crippen molar-refractivity contribution in [3.05, 3.63) is 42.8 Å². The van der Waals surface area contributed by atoms with E-state index in [2.05, 4.69) is 49.1 Å². The zero-order valence-electron chi connectivity index (χ0n) is 24.5. The first kappa shape index (κ1) is 32.3. The fourth-order valence-corrected chi connectivity index (χ4v) is 5.50.